The summed E-state index contributed by atoms with van der Waals surface area (Å²) >= 11 is 0. The predicted octanol–water partition coefficient (Wildman–Crippen LogP) is 1.51. The van der Waals surface area contributed by atoms with E-state index in [4.69, 9.17) is 4.74 Å². The maximum Gasteiger partial charge on any atom is 0.344 e. The van der Waals surface area contributed by atoms with Crippen LogP contribution in [0.15, 0.2) is 24.3 Å². The number of hydrogen-bond acceptors (Lipinski definition) is 4. The lowest BCUT2D eigenvalue weighted by Gasteiger charge is -2.21. The van der Waals surface area contributed by atoms with Crippen molar-refractivity contribution in [3.05, 3.63) is 29.8 Å². The third kappa shape index (κ3) is 3.44. The molecule has 0 spiro atoms. The Morgan fingerprint density at radius 2 is 2.13 bits per heavy atom. The highest BCUT2D eigenvalue weighted by Crippen LogP contribution is 2.19. The van der Waals surface area contributed by atoms with Gasteiger partial charge in [0.1, 0.15) is 11.3 Å². The fourth-order valence-electron chi connectivity index (χ4n) is 2.17. The number of carbonyl (C=O) groups is 3. The smallest absolute Gasteiger partial charge is 0.344 e. The second kappa shape index (κ2) is 6.28. The maximum atomic E-state index is 12.2. The Morgan fingerprint density at radius 1 is 1.43 bits per heavy atom. The number of hydrogen-bond donors (Lipinski definition) is 2. The summed E-state index contributed by atoms with van der Waals surface area (Å²) in [6, 6.07) is 6.62. The first-order chi connectivity index (χ1) is 10.8. The fraction of sp³-hybridized carbons (Fsp3) is 0.438. The summed E-state index contributed by atoms with van der Waals surface area (Å²) in [7, 11) is 0. The zero-order chi connectivity index (χ0) is 17.2. The normalized spacial score (nSPS) is 21.8. The highest BCUT2D eigenvalue weighted by molar-refractivity contribution is 6.07. The number of rotatable bonds is 5. The van der Waals surface area contributed by atoms with Crippen LogP contribution in [-0.4, -0.2) is 34.5 Å². The van der Waals surface area contributed by atoms with E-state index in [0.29, 0.717) is 17.2 Å². The molecule has 0 bridgehead atoms. The van der Waals surface area contributed by atoms with Crippen LogP contribution in [0, 0.1) is 6.92 Å². The molecule has 1 aromatic rings. The number of benzene rings is 1. The Hall–Kier alpha value is -2.57. The monoisotopic (exact) mass is 319 g/mol. The highest BCUT2D eigenvalue weighted by Gasteiger charge is 2.47. The standard InChI is InChI=1S/C16H21N3O4/c1-5-16(4)14(21)19(15(22)17-16)18-13(20)11(3)23-12-8-6-7-10(2)9-12/h6-9,11H,5H2,1-4H3,(H,17,22)(H,18,20)/t11-,16-/m1/s1. The first-order valence-corrected chi connectivity index (χ1v) is 7.47. The number of amides is 4. The number of imide groups is 1. The molecular weight excluding hydrogens is 298 g/mol. The Balaban J connectivity index is 2.01. The summed E-state index contributed by atoms with van der Waals surface area (Å²) in [6.07, 6.45) is -0.426. The van der Waals surface area contributed by atoms with Crippen molar-refractivity contribution in [1.29, 1.82) is 0 Å². The van der Waals surface area contributed by atoms with Crippen LogP contribution in [0.2, 0.25) is 0 Å². The molecule has 0 saturated carbocycles. The van der Waals surface area contributed by atoms with Crippen LogP contribution in [0.3, 0.4) is 0 Å². The average molecular weight is 319 g/mol. The van der Waals surface area contributed by atoms with Crippen LogP contribution in [-0.2, 0) is 9.59 Å². The molecule has 1 heterocycles. The van der Waals surface area contributed by atoms with Crippen molar-refractivity contribution in [1.82, 2.24) is 15.8 Å². The molecule has 124 valence electrons. The lowest BCUT2D eigenvalue weighted by atomic mass is 10.00. The SMILES string of the molecule is CC[C@@]1(C)NC(=O)N(NC(=O)[C@@H](C)Oc2cccc(C)c2)C1=O. The summed E-state index contributed by atoms with van der Waals surface area (Å²) in [6.45, 7) is 6.87. The van der Waals surface area contributed by atoms with Crippen LogP contribution >= 0.6 is 0 Å². The second-order valence-corrected chi connectivity index (χ2v) is 5.81. The van der Waals surface area contributed by atoms with Gasteiger partial charge < -0.3 is 10.1 Å². The third-order valence-electron chi connectivity index (χ3n) is 3.86. The lowest BCUT2D eigenvalue weighted by Crippen LogP contribution is -2.51. The lowest BCUT2D eigenvalue weighted by molar-refractivity contribution is -0.141. The number of nitrogens with one attached hydrogen (secondary N) is 2. The van der Waals surface area contributed by atoms with Crippen LogP contribution in [0.25, 0.3) is 0 Å². The van der Waals surface area contributed by atoms with Crippen molar-refractivity contribution in [2.24, 2.45) is 0 Å². The van der Waals surface area contributed by atoms with Gasteiger partial charge in [-0.25, -0.2) is 4.79 Å². The summed E-state index contributed by atoms with van der Waals surface area (Å²) in [5.41, 5.74) is 2.32. The molecule has 7 nitrogen and oxygen atoms in total. The minimum Gasteiger partial charge on any atom is -0.481 e. The van der Waals surface area contributed by atoms with Gasteiger partial charge in [-0.2, -0.15) is 5.01 Å². The molecule has 2 atom stereocenters. The van der Waals surface area contributed by atoms with E-state index in [0.717, 1.165) is 5.56 Å². The van der Waals surface area contributed by atoms with Gasteiger partial charge in [0.25, 0.3) is 11.8 Å². The minimum absolute atomic E-state index is 0.430. The van der Waals surface area contributed by atoms with E-state index in [1.54, 1.807) is 32.9 Å². The zero-order valence-corrected chi connectivity index (χ0v) is 13.7. The third-order valence-corrected chi connectivity index (χ3v) is 3.86. The maximum absolute atomic E-state index is 12.2. The molecule has 4 amide bonds. The molecular formula is C16H21N3O4. The Bertz CT molecular complexity index is 646. The summed E-state index contributed by atoms with van der Waals surface area (Å²) in [5, 5.41) is 3.27. The van der Waals surface area contributed by atoms with Gasteiger partial charge in [-0.1, -0.05) is 19.1 Å². The number of ether oxygens (including phenoxy) is 1. The van der Waals surface area contributed by atoms with Crippen LogP contribution in [0.4, 0.5) is 4.79 Å². The molecule has 1 saturated heterocycles. The molecule has 1 aromatic carbocycles. The topological polar surface area (TPSA) is 87.7 Å². The largest absolute Gasteiger partial charge is 0.481 e. The van der Waals surface area contributed by atoms with Crippen LogP contribution in [0.5, 0.6) is 5.75 Å². The summed E-state index contributed by atoms with van der Waals surface area (Å²) in [5.74, 6) is -0.514. The van der Waals surface area contributed by atoms with Gasteiger partial charge in [-0.15, -0.1) is 0 Å². The molecule has 1 aliphatic heterocycles. The average Bonchev–Trinajstić information content (AvgIpc) is 2.71. The van der Waals surface area contributed by atoms with Gasteiger partial charge in [-0.3, -0.25) is 15.0 Å². The molecule has 1 aliphatic rings. The van der Waals surface area contributed by atoms with Gasteiger partial charge in [0.2, 0.25) is 0 Å². The predicted molar refractivity (Wildman–Crippen MR) is 83.5 cm³/mol. The number of hydrazine groups is 1. The Morgan fingerprint density at radius 3 is 2.70 bits per heavy atom. The van der Waals surface area contributed by atoms with Crippen LogP contribution < -0.4 is 15.5 Å². The molecule has 0 unspecified atom stereocenters. The van der Waals surface area contributed by atoms with Gasteiger partial charge >= 0.3 is 6.03 Å². The molecule has 0 radical (unpaired) electrons. The Labute approximate surface area is 135 Å². The van der Waals surface area contributed by atoms with E-state index < -0.39 is 29.5 Å². The van der Waals surface area contributed by atoms with Crippen molar-refractivity contribution in [2.45, 2.75) is 45.8 Å². The first kappa shape index (κ1) is 16.8. The molecule has 2 N–H and O–H groups in total. The van der Waals surface area contributed by atoms with E-state index in [-0.39, 0.29) is 0 Å². The second-order valence-electron chi connectivity index (χ2n) is 5.81. The van der Waals surface area contributed by atoms with Gasteiger partial charge in [0, 0.05) is 0 Å². The Kier molecular flexibility index (Phi) is 4.58. The van der Waals surface area contributed by atoms with E-state index >= 15 is 0 Å². The fourth-order valence-corrected chi connectivity index (χ4v) is 2.17. The summed E-state index contributed by atoms with van der Waals surface area (Å²) in [4.78, 5) is 36.2. The number of aryl methyl sites for hydroxylation is 1. The number of urea groups is 1. The molecule has 7 heteroatoms. The number of nitrogens with zero attached hydrogens (tertiary/aromatic N) is 1. The van der Waals surface area contributed by atoms with Crippen LogP contribution in [0.1, 0.15) is 32.8 Å². The first-order valence-electron chi connectivity index (χ1n) is 7.47. The van der Waals surface area contributed by atoms with Gasteiger partial charge in [0.05, 0.1) is 0 Å². The molecule has 2 rings (SSSR count). The summed E-state index contributed by atoms with van der Waals surface area (Å²) < 4.78 is 5.53. The van der Waals surface area contributed by atoms with E-state index in [1.165, 1.54) is 0 Å². The molecule has 0 aromatic heterocycles. The van der Waals surface area contributed by atoms with E-state index in [9.17, 15) is 14.4 Å². The van der Waals surface area contributed by atoms with Crippen molar-refractivity contribution in [2.75, 3.05) is 0 Å². The molecule has 1 fully saturated rings. The minimum atomic E-state index is -0.995. The quantitative estimate of drug-likeness (QED) is 0.805. The van der Waals surface area contributed by atoms with Gasteiger partial charge in [0.15, 0.2) is 6.10 Å². The van der Waals surface area contributed by atoms with Crippen molar-refractivity contribution >= 4 is 17.8 Å². The van der Waals surface area contributed by atoms with E-state index in [1.807, 2.05) is 19.1 Å². The van der Waals surface area contributed by atoms with Crippen molar-refractivity contribution in [3.8, 4) is 5.75 Å². The zero-order valence-electron chi connectivity index (χ0n) is 13.7. The molecule has 0 aliphatic carbocycles. The van der Waals surface area contributed by atoms with E-state index in [2.05, 4.69) is 10.7 Å². The number of carbonyl (C=O) groups excluding carboxylic acids is 3. The van der Waals surface area contributed by atoms with Crippen molar-refractivity contribution < 1.29 is 19.1 Å². The highest BCUT2D eigenvalue weighted by atomic mass is 16.5. The molecule has 23 heavy (non-hydrogen) atoms. The van der Waals surface area contributed by atoms with Crippen molar-refractivity contribution in [3.63, 3.8) is 0 Å². The van der Waals surface area contributed by atoms with Gasteiger partial charge in [-0.05, 0) is 44.9 Å².